The zero-order chi connectivity index (χ0) is 13.8. The summed E-state index contributed by atoms with van der Waals surface area (Å²) in [6, 6.07) is 3.22. The predicted molar refractivity (Wildman–Crippen MR) is 67.5 cm³/mol. The lowest BCUT2D eigenvalue weighted by molar-refractivity contribution is 0.516. The molecule has 0 fully saturated rings. The monoisotopic (exact) mass is 266 g/mol. The maximum absolute atomic E-state index is 13.6. The number of benzene rings is 1. The van der Waals surface area contributed by atoms with Crippen molar-refractivity contribution in [1.29, 1.82) is 0 Å². The first-order valence-electron chi connectivity index (χ1n) is 6.09. The lowest BCUT2D eigenvalue weighted by Gasteiger charge is -2.14. The van der Waals surface area contributed by atoms with E-state index in [2.05, 4.69) is 15.5 Å². The molecule has 102 valence electrons. The van der Waals surface area contributed by atoms with E-state index < -0.39 is 11.6 Å². The zero-order valence-corrected chi connectivity index (χ0v) is 10.9. The van der Waals surface area contributed by atoms with Crippen molar-refractivity contribution < 1.29 is 8.78 Å². The molecule has 0 aliphatic rings. The summed E-state index contributed by atoms with van der Waals surface area (Å²) in [6.45, 7) is 2.41. The van der Waals surface area contributed by atoms with Crippen molar-refractivity contribution in [2.45, 2.75) is 19.4 Å². The van der Waals surface area contributed by atoms with E-state index in [4.69, 9.17) is 0 Å². The van der Waals surface area contributed by atoms with E-state index in [0.717, 1.165) is 18.0 Å². The maximum Gasteiger partial charge on any atom is 0.133 e. The largest absolute Gasteiger partial charge is 0.321 e. The Morgan fingerprint density at radius 3 is 2.84 bits per heavy atom. The average molecular weight is 266 g/mol. The van der Waals surface area contributed by atoms with Crippen LogP contribution < -0.4 is 5.32 Å². The Kier molecular flexibility index (Phi) is 4.21. The third-order valence-electron chi connectivity index (χ3n) is 3.03. The molecule has 1 N–H and O–H groups in total. The second-order valence-electron chi connectivity index (χ2n) is 4.45. The molecule has 0 radical (unpaired) electrons. The predicted octanol–water partition coefficient (Wildman–Crippen LogP) is 1.99. The SMILES string of the molecule is CC(NCCc1nncn1C)c1cc(F)ccc1F. The van der Waals surface area contributed by atoms with Gasteiger partial charge in [0.2, 0.25) is 0 Å². The first-order chi connectivity index (χ1) is 9.08. The van der Waals surface area contributed by atoms with E-state index in [-0.39, 0.29) is 6.04 Å². The second-order valence-corrected chi connectivity index (χ2v) is 4.45. The van der Waals surface area contributed by atoms with Gasteiger partial charge in [0, 0.05) is 31.6 Å². The summed E-state index contributed by atoms with van der Waals surface area (Å²) in [6.07, 6.45) is 2.31. The number of hydrogen-bond acceptors (Lipinski definition) is 3. The molecule has 2 rings (SSSR count). The number of halogens is 2. The highest BCUT2D eigenvalue weighted by Crippen LogP contribution is 2.17. The van der Waals surface area contributed by atoms with Gasteiger partial charge in [-0.3, -0.25) is 0 Å². The minimum absolute atomic E-state index is 0.260. The molecule has 2 aromatic rings. The number of nitrogens with zero attached hydrogens (tertiary/aromatic N) is 3. The number of hydrogen-bond donors (Lipinski definition) is 1. The molecule has 0 aliphatic carbocycles. The van der Waals surface area contributed by atoms with Crippen molar-refractivity contribution in [2.24, 2.45) is 7.05 Å². The van der Waals surface area contributed by atoms with Gasteiger partial charge in [-0.2, -0.15) is 0 Å². The summed E-state index contributed by atoms with van der Waals surface area (Å²) in [5.41, 5.74) is 0.331. The molecule has 0 saturated carbocycles. The van der Waals surface area contributed by atoms with E-state index >= 15 is 0 Å². The fourth-order valence-corrected chi connectivity index (χ4v) is 1.89. The van der Waals surface area contributed by atoms with Crippen molar-refractivity contribution in [1.82, 2.24) is 20.1 Å². The van der Waals surface area contributed by atoms with Crippen LogP contribution in [0.25, 0.3) is 0 Å². The van der Waals surface area contributed by atoms with E-state index in [1.807, 2.05) is 11.6 Å². The number of rotatable bonds is 5. The molecule has 1 atom stereocenters. The quantitative estimate of drug-likeness (QED) is 0.900. The Hall–Kier alpha value is -1.82. The number of nitrogens with one attached hydrogen (secondary N) is 1. The molecular weight excluding hydrogens is 250 g/mol. The number of aryl methyl sites for hydroxylation is 1. The summed E-state index contributed by atoms with van der Waals surface area (Å²) < 4.78 is 28.5. The first-order valence-corrected chi connectivity index (χ1v) is 6.09. The second kappa shape index (κ2) is 5.88. The molecule has 1 heterocycles. The summed E-state index contributed by atoms with van der Waals surface area (Å²) in [5, 5.41) is 10.9. The molecule has 1 aromatic heterocycles. The number of aromatic nitrogens is 3. The molecule has 0 amide bonds. The van der Waals surface area contributed by atoms with Crippen LogP contribution in [0.4, 0.5) is 8.78 Å². The molecule has 0 saturated heterocycles. The smallest absolute Gasteiger partial charge is 0.133 e. The Bertz CT molecular complexity index is 553. The molecule has 0 aliphatic heterocycles. The van der Waals surface area contributed by atoms with E-state index in [1.165, 1.54) is 6.07 Å². The van der Waals surface area contributed by atoms with Gasteiger partial charge in [-0.05, 0) is 25.1 Å². The normalized spacial score (nSPS) is 12.6. The summed E-state index contributed by atoms with van der Waals surface area (Å²) in [5.74, 6) is 0.0119. The van der Waals surface area contributed by atoms with Crippen molar-refractivity contribution in [3.8, 4) is 0 Å². The summed E-state index contributed by atoms with van der Waals surface area (Å²) >= 11 is 0. The molecule has 1 unspecified atom stereocenters. The van der Waals surface area contributed by atoms with E-state index in [0.29, 0.717) is 18.5 Å². The summed E-state index contributed by atoms with van der Waals surface area (Å²) in [7, 11) is 1.87. The Morgan fingerprint density at radius 1 is 1.37 bits per heavy atom. The van der Waals surface area contributed by atoms with Crippen molar-refractivity contribution >= 4 is 0 Å². The van der Waals surface area contributed by atoms with Crippen LogP contribution in [-0.2, 0) is 13.5 Å². The van der Waals surface area contributed by atoms with Crippen LogP contribution >= 0.6 is 0 Å². The van der Waals surface area contributed by atoms with Gasteiger partial charge in [-0.1, -0.05) is 0 Å². The van der Waals surface area contributed by atoms with Gasteiger partial charge >= 0.3 is 0 Å². The van der Waals surface area contributed by atoms with Gasteiger partial charge in [0.25, 0.3) is 0 Å². The van der Waals surface area contributed by atoms with Crippen LogP contribution in [0.5, 0.6) is 0 Å². The van der Waals surface area contributed by atoms with Gasteiger partial charge in [0.1, 0.15) is 23.8 Å². The Morgan fingerprint density at radius 2 is 2.16 bits per heavy atom. The topological polar surface area (TPSA) is 42.7 Å². The molecule has 0 spiro atoms. The van der Waals surface area contributed by atoms with Crippen LogP contribution in [0.15, 0.2) is 24.5 Å². The summed E-state index contributed by atoms with van der Waals surface area (Å²) in [4.78, 5) is 0. The fraction of sp³-hybridized carbons (Fsp3) is 0.385. The van der Waals surface area contributed by atoms with Crippen molar-refractivity contribution in [2.75, 3.05) is 6.54 Å². The van der Waals surface area contributed by atoms with Crippen LogP contribution in [0.1, 0.15) is 24.4 Å². The zero-order valence-electron chi connectivity index (χ0n) is 10.9. The van der Waals surface area contributed by atoms with E-state index in [1.54, 1.807) is 13.3 Å². The fourth-order valence-electron chi connectivity index (χ4n) is 1.89. The Labute approximate surface area is 110 Å². The van der Waals surface area contributed by atoms with E-state index in [9.17, 15) is 8.78 Å². The van der Waals surface area contributed by atoms with Gasteiger partial charge in [0.15, 0.2) is 0 Å². The highest BCUT2D eigenvalue weighted by atomic mass is 19.1. The molecule has 6 heteroatoms. The lowest BCUT2D eigenvalue weighted by Crippen LogP contribution is -2.23. The molecule has 4 nitrogen and oxygen atoms in total. The molecule has 0 bridgehead atoms. The molecule has 19 heavy (non-hydrogen) atoms. The minimum Gasteiger partial charge on any atom is -0.321 e. The van der Waals surface area contributed by atoms with Crippen molar-refractivity contribution in [3.05, 3.63) is 47.5 Å². The van der Waals surface area contributed by atoms with Crippen LogP contribution in [-0.4, -0.2) is 21.3 Å². The van der Waals surface area contributed by atoms with Crippen LogP contribution in [0.2, 0.25) is 0 Å². The molecular formula is C13H16F2N4. The van der Waals surface area contributed by atoms with Gasteiger partial charge in [-0.25, -0.2) is 8.78 Å². The van der Waals surface area contributed by atoms with Crippen LogP contribution in [0, 0.1) is 11.6 Å². The van der Waals surface area contributed by atoms with Crippen molar-refractivity contribution in [3.63, 3.8) is 0 Å². The Balaban J connectivity index is 1.92. The highest BCUT2D eigenvalue weighted by Gasteiger charge is 2.11. The third-order valence-corrected chi connectivity index (χ3v) is 3.03. The van der Waals surface area contributed by atoms with Gasteiger partial charge in [0.05, 0.1) is 0 Å². The third kappa shape index (κ3) is 3.35. The standard InChI is InChI=1S/C13H16F2N4/c1-9(11-7-10(14)3-4-12(11)15)16-6-5-13-18-17-8-19(13)2/h3-4,7-9,16H,5-6H2,1-2H3. The average Bonchev–Trinajstić information content (AvgIpc) is 2.78. The van der Waals surface area contributed by atoms with Gasteiger partial charge < -0.3 is 9.88 Å². The lowest BCUT2D eigenvalue weighted by atomic mass is 10.1. The highest BCUT2D eigenvalue weighted by molar-refractivity contribution is 5.21. The molecule has 1 aromatic carbocycles. The van der Waals surface area contributed by atoms with Gasteiger partial charge in [-0.15, -0.1) is 10.2 Å². The first kappa shape index (κ1) is 13.6. The van der Waals surface area contributed by atoms with Crippen LogP contribution in [0.3, 0.4) is 0 Å². The minimum atomic E-state index is -0.432. The maximum atomic E-state index is 13.6.